The summed E-state index contributed by atoms with van der Waals surface area (Å²) < 4.78 is 11.0. The van der Waals surface area contributed by atoms with Gasteiger partial charge in [-0.2, -0.15) is 10.1 Å². The number of anilines is 1. The van der Waals surface area contributed by atoms with Gasteiger partial charge in [-0.15, -0.1) is 0 Å². The van der Waals surface area contributed by atoms with Crippen molar-refractivity contribution in [3.8, 4) is 11.5 Å². The minimum atomic E-state index is -0.151. The molecule has 5 heteroatoms. The smallest absolute Gasteiger partial charge is 0.280 e. The monoisotopic (exact) mass is 362 g/mol. The van der Waals surface area contributed by atoms with Crippen molar-refractivity contribution in [1.82, 2.24) is 0 Å². The van der Waals surface area contributed by atoms with Crippen molar-refractivity contribution < 1.29 is 14.3 Å². The van der Waals surface area contributed by atoms with Gasteiger partial charge >= 0.3 is 0 Å². The van der Waals surface area contributed by atoms with E-state index in [1.807, 2.05) is 62.4 Å². The van der Waals surface area contributed by atoms with Gasteiger partial charge in [-0.05, 0) is 49.8 Å². The van der Waals surface area contributed by atoms with E-state index in [4.69, 9.17) is 9.47 Å². The average molecular weight is 362 g/mol. The minimum absolute atomic E-state index is 0.151. The Kier molecular flexibility index (Phi) is 5.41. The molecule has 2 aromatic rings. The number of amides is 1. The van der Waals surface area contributed by atoms with Crippen LogP contribution in [0.25, 0.3) is 6.08 Å². The average Bonchev–Trinajstić information content (AvgIpc) is 2.95. The third kappa shape index (κ3) is 3.92. The molecular formula is C22H22N2O3. The molecule has 0 saturated carbocycles. The van der Waals surface area contributed by atoms with E-state index in [2.05, 4.69) is 11.7 Å². The van der Waals surface area contributed by atoms with Crippen molar-refractivity contribution in [2.45, 2.75) is 13.8 Å². The Balaban J connectivity index is 1.89. The fraction of sp³-hybridized carbons (Fsp3) is 0.182. The summed E-state index contributed by atoms with van der Waals surface area (Å²) in [7, 11) is 1.58. The minimum Gasteiger partial charge on any atom is -0.493 e. The van der Waals surface area contributed by atoms with Crippen LogP contribution in [0.3, 0.4) is 0 Å². The molecule has 1 amide bonds. The number of hydrazone groups is 1. The summed E-state index contributed by atoms with van der Waals surface area (Å²) >= 11 is 0. The van der Waals surface area contributed by atoms with Gasteiger partial charge in [0.15, 0.2) is 11.5 Å². The van der Waals surface area contributed by atoms with E-state index in [1.54, 1.807) is 13.2 Å². The summed E-state index contributed by atoms with van der Waals surface area (Å²) in [5.41, 5.74) is 3.94. The highest BCUT2D eigenvalue weighted by atomic mass is 16.5. The molecule has 5 nitrogen and oxygen atoms in total. The van der Waals surface area contributed by atoms with E-state index in [9.17, 15) is 4.79 Å². The zero-order chi connectivity index (χ0) is 19.4. The van der Waals surface area contributed by atoms with E-state index in [0.29, 0.717) is 29.4 Å². The summed E-state index contributed by atoms with van der Waals surface area (Å²) in [5, 5.41) is 5.84. The number of carbonyl (C=O) groups excluding carboxylic acids is 1. The lowest BCUT2D eigenvalue weighted by molar-refractivity contribution is -0.114. The van der Waals surface area contributed by atoms with Gasteiger partial charge in [-0.3, -0.25) is 4.79 Å². The van der Waals surface area contributed by atoms with Gasteiger partial charge in [0.1, 0.15) is 6.61 Å². The number of rotatable bonds is 6. The van der Waals surface area contributed by atoms with Crippen LogP contribution < -0.4 is 14.5 Å². The van der Waals surface area contributed by atoms with Crippen molar-refractivity contribution in [2.24, 2.45) is 5.10 Å². The van der Waals surface area contributed by atoms with Crippen LogP contribution in [0.5, 0.6) is 11.5 Å². The number of nitrogens with zero attached hydrogens (tertiary/aromatic N) is 2. The Morgan fingerprint density at radius 3 is 2.52 bits per heavy atom. The quantitative estimate of drug-likeness (QED) is 0.566. The fourth-order valence-electron chi connectivity index (χ4n) is 2.75. The molecule has 0 aromatic heterocycles. The predicted molar refractivity (Wildman–Crippen MR) is 108 cm³/mol. The first kappa shape index (κ1) is 18.5. The lowest BCUT2D eigenvalue weighted by atomic mass is 10.1. The molecule has 1 aliphatic rings. The van der Waals surface area contributed by atoms with E-state index in [1.165, 1.54) is 5.01 Å². The second kappa shape index (κ2) is 7.91. The first-order valence-electron chi connectivity index (χ1n) is 8.63. The molecule has 27 heavy (non-hydrogen) atoms. The molecule has 0 bridgehead atoms. The number of hydrogen-bond acceptors (Lipinski definition) is 4. The van der Waals surface area contributed by atoms with Crippen LogP contribution >= 0.6 is 0 Å². The molecule has 138 valence electrons. The number of aryl methyl sites for hydroxylation is 1. The first-order chi connectivity index (χ1) is 13.0. The van der Waals surface area contributed by atoms with Crippen molar-refractivity contribution in [3.63, 3.8) is 0 Å². The molecular weight excluding hydrogens is 340 g/mol. The zero-order valence-corrected chi connectivity index (χ0v) is 15.7. The maximum Gasteiger partial charge on any atom is 0.280 e. The van der Waals surface area contributed by atoms with Crippen molar-refractivity contribution >= 4 is 23.4 Å². The molecule has 0 unspecified atom stereocenters. The van der Waals surface area contributed by atoms with Gasteiger partial charge in [0.05, 0.1) is 24.1 Å². The highest BCUT2D eigenvalue weighted by Gasteiger charge is 2.28. The summed E-state index contributed by atoms with van der Waals surface area (Å²) in [6, 6.07) is 13.2. The largest absolute Gasteiger partial charge is 0.493 e. The maximum atomic E-state index is 12.8. The summed E-state index contributed by atoms with van der Waals surface area (Å²) in [5.74, 6) is 1.08. The van der Waals surface area contributed by atoms with Gasteiger partial charge in [0, 0.05) is 0 Å². The molecule has 0 radical (unpaired) electrons. The van der Waals surface area contributed by atoms with Gasteiger partial charge < -0.3 is 9.47 Å². The fourth-order valence-corrected chi connectivity index (χ4v) is 2.75. The van der Waals surface area contributed by atoms with Gasteiger partial charge in [0.25, 0.3) is 5.91 Å². The lowest BCUT2D eigenvalue weighted by Gasteiger charge is -2.12. The SMILES string of the molecule is C=CCOc1ccc(/C=C2\C(=O)N(c3ccc(C)cc3)N=C2C)cc1OC. The summed E-state index contributed by atoms with van der Waals surface area (Å²) in [4.78, 5) is 12.8. The third-order valence-electron chi connectivity index (χ3n) is 4.20. The Labute approximate surface area is 159 Å². The molecule has 3 rings (SSSR count). The molecule has 2 aromatic carbocycles. The van der Waals surface area contributed by atoms with Gasteiger partial charge in [-0.25, -0.2) is 0 Å². The van der Waals surface area contributed by atoms with Crippen LogP contribution in [0.1, 0.15) is 18.1 Å². The molecule has 1 heterocycles. The van der Waals surface area contributed by atoms with Crippen molar-refractivity contribution in [3.05, 3.63) is 71.8 Å². The Morgan fingerprint density at radius 2 is 1.85 bits per heavy atom. The maximum absolute atomic E-state index is 12.8. The van der Waals surface area contributed by atoms with Crippen LogP contribution in [0.4, 0.5) is 5.69 Å². The van der Waals surface area contributed by atoms with Crippen LogP contribution in [0.2, 0.25) is 0 Å². The van der Waals surface area contributed by atoms with Crippen molar-refractivity contribution in [2.75, 3.05) is 18.7 Å². The Hall–Kier alpha value is -3.34. The van der Waals surface area contributed by atoms with Gasteiger partial charge in [-0.1, -0.05) is 36.4 Å². The summed E-state index contributed by atoms with van der Waals surface area (Å²) in [6.07, 6.45) is 3.49. The van der Waals surface area contributed by atoms with Crippen LogP contribution in [-0.4, -0.2) is 25.3 Å². The molecule has 0 atom stereocenters. The molecule has 1 aliphatic heterocycles. The number of methoxy groups -OCH3 is 1. The summed E-state index contributed by atoms with van der Waals surface area (Å²) in [6.45, 7) is 7.87. The molecule has 0 saturated heterocycles. The van der Waals surface area contributed by atoms with Crippen molar-refractivity contribution in [1.29, 1.82) is 0 Å². The molecule has 0 spiro atoms. The topological polar surface area (TPSA) is 51.1 Å². The van der Waals surface area contributed by atoms with Crippen LogP contribution in [-0.2, 0) is 4.79 Å². The number of ether oxygens (including phenoxy) is 2. The highest BCUT2D eigenvalue weighted by molar-refractivity contribution is 6.32. The second-order valence-corrected chi connectivity index (χ2v) is 6.21. The Morgan fingerprint density at radius 1 is 1.11 bits per heavy atom. The van der Waals surface area contributed by atoms with Crippen LogP contribution in [0, 0.1) is 6.92 Å². The first-order valence-corrected chi connectivity index (χ1v) is 8.63. The number of carbonyl (C=O) groups is 1. The van der Waals surface area contributed by atoms with E-state index in [-0.39, 0.29) is 5.91 Å². The molecule has 0 fully saturated rings. The van der Waals surface area contributed by atoms with Gasteiger partial charge in [0.2, 0.25) is 0 Å². The van der Waals surface area contributed by atoms with E-state index >= 15 is 0 Å². The zero-order valence-electron chi connectivity index (χ0n) is 15.7. The number of hydrogen-bond donors (Lipinski definition) is 0. The highest BCUT2D eigenvalue weighted by Crippen LogP contribution is 2.30. The number of benzene rings is 2. The normalized spacial score (nSPS) is 15.1. The molecule has 0 N–H and O–H groups in total. The Bertz CT molecular complexity index is 927. The van der Waals surface area contributed by atoms with E-state index in [0.717, 1.165) is 16.8 Å². The lowest BCUT2D eigenvalue weighted by Crippen LogP contribution is -2.21. The third-order valence-corrected chi connectivity index (χ3v) is 4.20. The standard InChI is InChI=1S/C22H22N2O3/c1-5-12-27-20-11-8-17(14-21(20)26-4)13-19-16(3)23-24(22(19)25)18-9-6-15(2)7-10-18/h5-11,13-14H,1,12H2,2-4H3/b19-13-. The molecule has 0 aliphatic carbocycles. The van der Waals surface area contributed by atoms with Crippen LogP contribution in [0.15, 0.2) is 65.8 Å². The predicted octanol–water partition coefficient (Wildman–Crippen LogP) is 4.37. The van der Waals surface area contributed by atoms with E-state index < -0.39 is 0 Å². The second-order valence-electron chi connectivity index (χ2n) is 6.21.